The van der Waals surface area contributed by atoms with Gasteiger partial charge in [0, 0.05) is 18.7 Å². The van der Waals surface area contributed by atoms with Gasteiger partial charge in [-0.05, 0) is 73.7 Å². The van der Waals surface area contributed by atoms with Crippen LogP contribution in [0, 0.1) is 37.5 Å². The molecular formula is C28H28N2O5. The van der Waals surface area contributed by atoms with E-state index in [-0.39, 0.29) is 48.4 Å². The molecule has 0 radical (unpaired) electrons. The summed E-state index contributed by atoms with van der Waals surface area (Å²) in [5.41, 5.74) is 3.48. The van der Waals surface area contributed by atoms with Crippen molar-refractivity contribution in [2.45, 2.75) is 33.6 Å². The summed E-state index contributed by atoms with van der Waals surface area (Å²) < 4.78 is 5.54. The first-order valence-corrected chi connectivity index (χ1v) is 12.0. The standard InChI is InChI=1S/C28H28N2O5/c1-16-7-8-21(13-18(16)3)29-15-19(14-24(29)31)28(34)35-22-11-9-20(10-12-22)30-26(32)23-6-4-5-17(2)25(23)27(30)33/h4-5,7-13,17,19,23,25H,6,14-15H2,1-3H3/t17-,19-,23-,25+/m1/s1. The van der Waals surface area contributed by atoms with Gasteiger partial charge in [-0.3, -0.25) is 24.1 Å². The fourth-order valence-electron chi connectivity index (χ4n) is 5.27. The van der Waals surface area contributed by atoms with Crippen LogP contribution in [0.25, 0.3) is 0 Å². The van der Waals surface area contributed by atoms with Crippen LogP contribution in [0.3, 0.4) is 0 Å². The fourth-order valence-corrected chi connectivity index (χ4v) is 5.27. The third kappa shape index (κ3) is 4.05. The van der Waals surface area contributed by atoms with Gasteiger partial charge in [-0.15, -0.1) is 0 Å². The molecule has 35 heavy (non-hydrogen) atoms. The van der Waals surface area contributed by atoms with Gasteiger partial charge in [0.25, 0.3) is 0 Å². The molecule has 4 atom stereocenters. The predicted octanol–water partition coefficient (Wildman–Crippen LogP) is 3.96. The molecule has 7 heteroatoms. The molecular weight excluding hydrogens is 444 g/mol. The number of esters is 1. The van der Waals surface area contributed by atoms with Crippen molar-refractivity contribution in [1.29, 1.82) is 0 Å². The normalized spacial score (nSPS) is 25.9. The molecule has 0 saturated carbocycles. The molecule has 0 aromatic heterocycles. The number of allylic oxidation sites excluding steroid dienone is 2. The number of imide groups is 1. The Morgan fingerprint density at radius 3 is 2.34 bits per heavy atom. The Labute approximate surface area is 204 Å². The van der Waals surface area contributed by atoms with Gasteiger partial charge in [0.05, 0.1) is 23.4 Å². The summed E-state index contributed by atoms with van der Waals surface area (Å²) in [6.07, 6.45) is 4.63. The summed E-state index contributed by atoms with van der Waals surface area (Å²) in [5, 5.41) is 0. The Bertz CT molecular complexity index is 1250. The summed E-state index contributed by atoms with van der Waals surface area (Å²) in [7, 11) is 0. The van der Waals surface area contributed by atoms with Crippen molar-refractivity contribution in [3.8, 4) is 5.75 Å². The second-order valence-corrected chi connectivity index (χ2v) is 9.76. The van der Waals surface area contributed by atoms with E-state index in [9.17, 15) is 19.2 Å². The monoisotopic (exact) mass is 472 g/mol. The number of aryl methyl sites for hydroxylation is 2. The van der Waals surface area contributed by atoms with Crippen LogP contribution in [0.5, 0.6) is 5.75 Å². The molecule has 2 saturated heterocycles. The smallest absolute Gasteiger partial charge is 0.316 e. The lowest BCUT2D eigenvalue weighted by atomic mass is 9.78. The minimum atomic E-state index is -0.567. The number of hydrogen-bond acceptors (Lipinski definition) is 5. The Hall–Kier alpha value is -3.74. The molecule has 1 aliphatic carbocycles. The van der Waals surface area contributed by atoms with Crippen LogP contribution < -0.4 is 14.5 Å². The van der Waals surface area contributed by atoms with E-state index in [0.717, 1.165) is 16.8 Å². The predicted molar refractivity (Wildman–Crippen MR) is 131 cm³/mol. The lowest BCUT2D eigenvalue weighted by Crippen LogP contribution is -2.31. The van der Waals surface area contributed by atoms with Crippen molar-refractivity contribution < 1.29 is 23.9 Å². The summed E-state index contributed by atoms with van der Waals surface area (Å²) in [5.74, 6) is -1.84. The average Bonchev–Trinajstić information content (AvgIpc) is 3.34. The molecule has 180 valence electrons. The van der Waals surface area contributed by atoms with Crippen LogP contribution in [0.2, 0.25) is 0 Å². The van der Waals surface area contributed by atoms with E-state index in [2.05, 4.69) is 0 Å². The zero-order valence-corrected chi connectivity index (χ0v) is 20.1. The molecule has 0 spiro atoms. The number of carbonyl (C=O) groups excluding carboxylic acids is 4. The van der Waals surface area contributed by atoms with E-state index < -0.39 is 11.9 Å². The molecule has 0 unspecified atom stereocenters. The van der Waals surface area contributed by atoms with Crippen molar-refractivity contribution >= 4 is 35.1 Å². The van der Waals surface area contributed by atoms with Crippen LogP contribution in [0.4, 0.5) is 11.4 Å². The van der Waals surface area contributed by atoms with E-state index in [4.69, 9.17) is 4.74 Å². The Morgan fingerprint density at radius 1 is 0.943 bits per heavy atom. The van der Waals surface area contributed by atoms with E-state index in [1.165, 1.54) is 4.90 Å². The van der Waals surface area contributed by atoms with Gasteiger partial charge >= 0.3 is 5.97 Å². The third-order valence-electron chi connectivity index (χ3n) is 7.45. The highest BCUT2D eigenvalue weighted by Gasteiger charge is 2.50. The van der Waals surface area contributed by atoms with Crippen LogP contribution in [0.1, 0.15) is 30.9 Å². The first-order chi connectivity index (χ1) is 16.7. The summed E-state index contributed by atoms with van der Waals surface area (Å²) in [4.78, 5) is 54.1. The number of benzene rings is 2. The highest BCUT2D eigenvalue weighted by Crippen LogP contribution is 2.40. The van der Waals surface area contributed by atoms with Crippen molar-refractivity contribution in [3.63, 3.8) is 0 Å². The maximum absolute atomic E-state index is 13.0. The highest BCUT2D eigenvalue weighted by molar-refractivity contribution is 6.22. The minimum absolute atomic E-state index is 0.0212. The third-order valence-corrected chi connectivity index (χ3v) is 7.45. The summed E-state index contributed by atoms with van der Waals surface area (Å²) >= 11 is 0. The highest BCUT2D eigenvalue weighted by atomic mass is 16.5. The van der Waals surface area contributed by atoms with Gasteiger partial charge in [0.2, 0.25) is 17.7 Å². The van der Waals surface area contributed by atoms with Gasteiger partial charge in [-0.25, -0.2) is 0 Å². The van der Waals surface area contributed by atoms with Crippen molar-refractivity contribution in [2.24, 2.45) is 23.7 Å². The molecule has 2 aromatic rings. The molecule has 2 aromatic carbocycles. The molecule has 0 N–H and O–H groups in total. The molecule has 3 amide bonds. The van der Waals surface area contributed by atoms with Crippen molar-refractivity contribution in [1.82, 2.24) is 0 Å². The topological polar surface area (TPSA) is 84.0 Å². The molecule has 7 nitrogen and oxygen atoms in total. The Kier molecular flexibility index (Phi) is 5.79. The number of carbonyl (C=O) groups is 4. The number of rotatable bonds is 4. The Balaban J connectivity index is 1.25. The van der Waals surface area contributed by atoms with E-state index in [1.54, 1.807) is 29.2 Å². The van der Waals surface area contributed by atoms with Gasteiger partial charge in [-0.1, -0.05) is 25.1 Å². The second kappa shape index (κ2) is 8.80. The minimum Gasteiger partial charge on any atom is -0.426 e. The number of amides is 3. The van der Waals surface area contributed by atoms with Crippen molar-refractivity contribution in [3.05, 3.63) is 65.7 Å². The molecule has 0 bridgehead atoms. The first kappa shape index (κ1) is 23.0. The van der Waals surface area contributed by atoms with E-state index in [1.807, 2.05) is 51.1 Å². The van der Waals surface area contributed by atoms with Gasteiger partial charge in [0.1, 0.15) is 5.75 Å². The average molecular weight is 473 g/mol. The van der Waals surface area contributed by atoms with Crippen molar-refractivity contribution in [2.75, 3.05) is 16.3 Å². The first-order valence-electron chi connectivity index (χ1n) is 12.0. The lowest BCUT2D eigenvalue weighted by Gasteiger charge is -2.22. The zero-order chi connectivity index (χ0) is 24.9. The van der Waals surface area contributed by atoms with Crippen LogP contribution in [-0.4, -0.2) is 30.2 Å². The van der Waals surface area contributed by atoms with E-state index >= 15 is 0 Å². The van der Waals surface area contributed by atoms with Crippen LogP contribution in [0.15, 0.2) is 54.6 Å². The maximum Gasteiger partial charge on any atom is 0.316 e. The zero-order valence-electron chi connectivity index (χ0n) is 20.1. The number of anilines is 2. The van der Waals surface area contributed by atoms with Crippen LogP contribution >= 0.6 is 0 Å². The number of hydrogen-bond donors (Lipinski definition) is 0. The molecule has 3 aliphatic rings. The summed E-state index contributed by atoms with van der Waals surface area (Å²) in [6, 6.07) is 12.2. The fraction of sp³-hybridized carbons (Fsp3) is 0.357. The number of fused-ring (bicyclic) bond motifs is 1. The van der Waals surface area contributed by atoms with Crippen LogP contribution in [-0.2, 0) is 19.2 Å². The lowest BCUT2D eigenvalue weighted by molar-refractivity contribution is -0.139. The maximum atomic E-state index is 13.0. The Morgan fingerprint density at radius 2 is 1.66 bits per heavy atom. The number of ether oxygens (including phenoxy) is 1. The SMILES string of the molecule is Cc1ccc(N2C[C@H](C(=O)Oc3ccc(N4C(=O)[C@H]5[C@H](C)C=CC[C@H]5C4=O)cc3)CC2=O)cc1C. The quantitative estimate of drug-likeness (QED) is 0.291. The number of nitrogens with zero attached hydrogens (tertiary/aromatic N) is 2. The molecule has 2 heterocycles. The molecule has 2 aliphatic heterocycles. The molecule has 2 fully saturated rings. The van der Waals surface area contributed by atoms with Gasteiger partial charge in [-0.2, -0.15) is 0 Å². The van der Waals surface area contributed by atoms with E-state index in [0.29, 0.717) is 17.9 Å². The van der Waals surface area contributed by atoms with Gasteiger partial charge < -0.3 is 9.64 Å². The van der Waals surface area contributed by atoms with Gasteiger partial charge in [0.15, 0.2) is 0 Å². The second-order valence-electron chi connectivity index (χ2n) is 9.76. The largest absolute Gasteiger partial charge is 0.426 e. The summed E-state index contributed by atoms with van der Waals surface area (Å²) in [6.45, 7) is 6.23. The molecule has 5 rings (SSSR count).